The summed E-state index contributed by atoms with van der Waals surface area (Å²) in [5.41, 5.74) is 5.60. The second kappa shape index (κ2) is 5.79. The molecule has 1 saturated heterocycles. The number of halogens is 1. The quantitative estimate of drug-likeness (QED) is 0.784. The Hall–Kier alpha value is -1.95. The Morgan fingerprint density at radius 3 is 2.84 bits per heavy atom. The largest absolute Gasteiger partial charge is 0.368 e. The maximum Gasteiger partial charge on any atom is 0.241 e. The molecular weight excluding hydrogens is 249 g/mol. The topological polar surface area (TPSA) is 75.4 Å². The number of nitrogens with one attached hydrogen (secondary N) is 1. The average Bonchev–Trinajstić information content (AvgIpc) is 2.41. The first-order valence-electron chi connectivity index (χ1n) is 6.12. The van der Waals surface area contributed by atoms with Crippen molar-refractivity contribution in [3.05, 3.63) is 35.6 Å². The standard InChI is InChI=1S/C13H16FN3O2/c14-10-4-2-1-3-9(10)7-12(18)17-6-5-16-8-11(17)13(15)19/h1-4,11,16H,5-8H2,(H2,15,19)/t11-/m0/s1. The highest BCUT2D eigenvalue weighted by Crippen LogP contribution is 2.11. The van der Waals surface area contributed by atoms with Gasteiger partial charge in [-0.25, -0.2) is 4.39 Å². The lowest BCUT2D eigenvalue weighted by molar-refractivity contribution is -0.139. The van der Waals surface area contributed by atoms with Crippen LogP contribution in [0.3, 0.4) is 0 Å². The summed E-state index contributed by atoms with van der Waals surface area (Å²) in [5.74, 6) is -1.24. The first kappa shape index (κ1) is 13.5. The van der Waals surface area contributed by atoms with Gasteiger partial charge in [-0.05, 0) is 11.6 Å². The fraction of sp³-hybridized carbons (Fsp3) is 0.385. The second-order valence-corrected chi connectivity index (χ2v) is 4.48. The third kappa shape index (κ3) is 3.08. The van der Waals surface area contributed by atoms with Crippen molar-refractivity contribution in [2.24, 2.45) is 5.73 Å². The number of nitrogens with two attached hydrogens (primary N) is 1. The van der Waals surface area contributed by atoms with Crippen LogP contribution in [0.5, 0.6) is 0 Å². The smallest absolute Gasteiger partial charge is 0.241 e. The van der Waals surface area contributed by atoms with E-state index in [9.17, 15) is 14.0 Å². The summed E-state index contributed by atoms with van der Waals surface area (Å²) in [4.78, 5) is 24.9. The van der Waals surface area contributed by atoms with E-state index >= 15 is 0 Å². The van der Waals surface area contributed by atoms with Gasteiger partial charge in [-0.1, -0.05) is 18.2 Å². The highest BCUT2D eigenvalue weighted by Gasteiger charge is 2.30. The Labute approximate surface area is 110 Å². The molecule has 1 aliphatic heterocycles. The van der Waals surface area contributed by atoms with Crippen LogP contribution >= 0.6 is 0 Å². The van der Waals surface area contributed by atoms with Gasteiger partial charge in [-0.2, -0.15) is 0 Å². The molecule has 2 rings (SSSR count). The van der Waals surface area contributed by atoms with E-state index in [4.69, 9.17) is 5.73 Å². The van der Waals surface area contributed by atoms with E-state index in [-0.39, 0.29) is 12.3 Å². The van der Waals surface area contributed by atoms with Gasteiger partial charge in [0.15, 0.2) is 0 Å². The lowest BCUT2D eigenvalue weighted by Gasteiger charge is -2.34. The summed E-state index contributed by atoms with van der Waals surface area (Å²) in [5, 5.41) is 3.01. The van der Waals surface area contributed by atoms with E-state index in [1.54, 1.807) is 18.2 Å². The monoisotopic (exact) mass is 265 g/mol. The fourth-order valence-electron chi connectivity index (χ4n) is 2.16. The van der Waals surface area contributed by atoms with Crippen LogP contribution in [0.1, 0.15) is 5.56 Å². The van der Waals surface area contributed by atoms with Crippen LogP contribution in [0.25, 0.3) is 0 Å². The zero-order valence-corrected chi connectivity index (χ0v) is 10.4. The molecule has 0 saturated carbocycles. The zero-order chi connectivity index (χ0) is 13.8. The molecule has 0 aliphatic carbocycles. The molecule has 6 heteroatoms. The number of piperazine rings is 1. The number of hydrogen-bond acceptors (Lipinski definition) is 3. The van der Waals surface area contributed by atoms with Gasteiger partial charge >= 0.3 is 0 Å². The Kier molecular flexibility index (Phi) is 4.11. The van der Waals surface area contributed by atoms with Crippen LogP contribution in [-0.4, -0.2) is 42.4 Å². The van der Waals surface area contributed by atoms with Crippen molar-refractivity contribution in [2.75, 3.05) is 19.6 Å². The summed E-state index contributed by atoms with van der Waals surface area (Å²) in [6.07, 6.45) is -0.0591. The minimum atomic E-state index is -0.659. The molecule has 0 aromatic heterocycles. The maximum absolute atomic E-state index is 13.5. The first-order valence-corrected chi connectivity index (χ1v) is 6.12. The Bertz CT molecular complexity index is 493. The van der Waals surface area contributed by atoms with Crippen LogP contribution in [0, 0.1) is 5.82 Å². The van der Waals surface area contributed by atoms with E-state index in [1.807, 2.05) is 0 Å². The third-order valence-corrected chi connectivity index (χ3v) is 3.19. The van der Waals surface area contributed by atoms with Crippen molar-refractivity contribution in [3.63, 3.8) is 0 Å². The van der Waals surface area contributed by atoms with E-state index in [2.05, 4.69) is 5.32 Å². The highest BCUT2D eigenvalue weighted by molar-refractivity contribution is 5.88. The fourth-order valence-corrected chi connectivity index (χ4v) is 2.16. The lowest BCUT2D eigenvalue weighted by atomic mass is 10.1. The maximum atomic E-state index is 13.5. The molecule has 2 amide bonds. The highest BCUT2D eigenvalue weighted by atomic mass is 19.1. The van der Waals surface area contributed by atoms with Gasteiger partial charge in [0.25, 0.3) is 0 Å². The molecule has 0 unspecified atom stereocenters. The van der Waals surface area contributed by atoms with Crippen LogP contribution in [-0.2, 0) is 16.0 Å². The van der Waals surface area contributed by atoms with Crippen LogP contribution in [0.4, 0.5) is 4.39 Å². The van der Waals surface area contributed by atoms with Crippen molar-refractivity contribution in [1.82, 2.24) is 10.2 Å². The first-order chi connectivity index (χ1) is 9.09. The molecular formula is C13H16FN3O2. The van der Waals surface area contributed by atoms with Crippen LogP contribution < -0.4 is 11.1 Å². The molecule has 1 aromatic rings. The normalized spacial score (nSPS) is 19.2. The molecule has 1 heterocycles. The van der Waals surface area contributed by atoms with Crippen LogP contribution in [0.2, 0.25) is 0 Å². The number of primary amides is 1. The molecule has 5 nitrogen and oxygen atoms in total. The van der Waals surface area contributed by atoms with Crippen molar-refractivity contribution in [2.45, 2.75) is 12.5 Å². The predicted molar refractivity (Wildman–Crippen MR) is 67.7 cm³/mol. The summed E-state index contributed by atoms with van der Waals surface area (Å²) in [7, 11) is 0. The van der Waals surface area contributed by atoms with Crippen LogP contribution in [0.15, 0.2) is 24.3 Å². The van der Waals surface area contributed by atoms with E-state index in [1.165, 1.54) is 11.0 Å². The summed E-state index contributed by atoms with van der Waals surface area (Å²) >= 11 is 0. The average molecular weight is 265 g/mol. The van der Waals surface area contributed by atoms with Gasteiger partial charge < -0.3 is 16.0 Å². The van der Waals surface area contributed by atoms with Gasteiger partial charge in [0.2, 0.25) is 11.8 Å². The Morgan fingerprint density at radius 1 is 1.42 bits per heavy atom. The number of nitrogens with zero attached hydrogens (tertiary/aromatic N) is 1. The van der Waals surface area contributed by atoms with Gasteiger partial charge in [0.05, 0.1) is 6.42 Å². The number of carbonyl (C=O) groups excluding carboxylic acids is 2. The van der Waals surface area contributed by atoms with E-state index in [0.717, 1.165) is 0 Å². The van der Waals surface area contributed by atoms with Crippen molar-refractivity contribution in [1.29, 1.82) is 0 Å². The molecule has 0 bridgehead atoms. The molecule has 3 N–H and O–H groups in total. The summed E-state index contributed by atoms with van der Waals surface area (Å²) < 4.78 is 13.5. The third-order valence-electron chi connectivity index (χ3n) is 3.19. The van der Waals surface area contributed by atoms with Crippen molar-refractivity contribution in [3.8, 4) is 0 Å². The Balaban J connectivity index is 2.10. The van der Waals surface area contributed by atoms with E-state index in [0.29, 0.717) is 25.2 Å². The molecule has 1 fully saturated rings. The predicted octanol–water partition coefficient (Wildman–Crippen LogP) is -0.346. The summed E-state index contributed by atoms with van der Waals surface area (Å²) in [6.45, 7) is 1.35. The number of benzene rings is 1. The Morgan fingerprint density at radius 2 is 2.16 bits per heavy atom. The molecule has 1 atom stereocenters. The summed E-state index contributed by atoms with van der Waals surface area (Å²) in [6, 6.07) is 5.46. The minimum absolute atomic E-state index is 0.0591. The van der Waals surface area contributed by atoms with Crippen molar-refractivity contribution < 1.29 is 14.0 Å². The second-order valence-electron chi connectivity index (χ2n) is 4.48. The molecule has 102 valence electrons. The zero-order valence-electron chi connectivity index (χ0n) is 10.4. The number of amides is 2. The van der Waals surface area contributed by atoms with E-state index < -0.39 is 17.8 Å². The van der Waals surface area contributed by atoms with Crippen molar-refractivity contribution >= 4 is 11.8 Å². The molecule has 1 aromatic carbocycles. The number of hydrogen-bond donors (Lipinski definition) is 2. The SMILES string of the molecule is NC(=O)[C@@H]1CNCCN1C(=O)Cc1ccccc1F. The van der Waals surface area contributed by atoms with Gasteiger partial charge in [-0.15, -0.1) is 0 Å². The molecule has 1 aliphatic rings. The molecule has 19 heavy (non-hydrogen) atoms. The van der Waals surface area contributed by atoms with Gasteiger partial charge in [-0.3, -0.25) is 9.59 Å². The van der Waals surface area contributed by atoms with Gasteiger partial charge in [0, 0.05) is 19.6 Å². The van der Waals surface area contributed by atoms with Gasteiger partial charge in [0.1, 0.15) is 11.9 Å². The molecule has 0 spiro atoms. The lowest BCUT2D eigenvalue weighted by Crippen LogP contribution is -2.59. The molecule has 0 radical (unpaired) electrons. The number of carbonyl (C=O) groups is 2. The minimum Gasteiger partial charge on any atom is -0.368 e. The number of rotatable bonds is 3.